The molecule has 0 spiro atoms. The molecule has 0 unspecified atom stereocenters. The highest BCUT2D eigenvalue weighted by Crippen LogP contribution is 2.29. The molecule has 4 aromatic rings. The highest BCUT2D eigenvalue weighted by molar-refractivity contribution is 6.11. The third kappa shape index (κ3) is 3.94. The number of esters is 1. The highest BCUT2D eigenvalue weighted by Gasteiger charge is 2.08. The minimum atomic E-state index is -0.208. The number of aromatic nitrogens is 2. The minimum Gasteiger partial charge on any atom is -0.469 e. The van der Waals surface area contributed by atoms with E-state index < -0.39 is 0 Å². The highest BCUT2D eigenvalue weighted by atomic mass is 16.5. The summed E-state index contributed by atoms with van der Waals surface area (Å²) in [5.74, 6) is 6.04. The van der Waals surface area contributed by atoms with Gasteiger partial charge in [0.1, 0.15) is 5.69 Å². The number of methoxy groups -OCH3 is 1. The van der Waals surface area contributed by atoms with Crippen LogP contribution in [0.2, 0.25) is 0 Å². The van der Waals surface area contributed by atoms with Crippen molar-refractivity contribution in [3.8, 4) is 11.8 Å². The van der Waals surface area contributed by atoms with E-state index in [1.807, 2.05) is 55.5 Å². The number of nitrogen functional groups attached to an aromatic ring is 1. The maximum Gasteiger partial charge on any atom is 0.305 e. The molecule has 2 aromatic carbocycles. The van der Waals surface area contributed by atoms with Gasteiger partial charge < -0.3 is 10.5 Å². The number of nitrogens with zero attached hydrogens (tertiary/aromatic N) is 2. The lowest BCUT2D eigenvalue weighted by molar-refractivity contribution is -0.140. The summed E-state index contributed by atoms with van der Waals surface area (Å²) in [4.78, 5) is 20.4. The normalized spacial score (nSPS) is 10.6. The summed E-state index contributed by atoms with van der Waals surface area (Å²) in [6, 6.07) is 15.6. The zero-order chi connectivity index (χ0) is 21.1. The maximum atomic E-state index is 11.2. The van der Waals surface area contributed by atoms with Crippen LogP contribution in [0.4, 0.5) is 5.69 Å². The number of nitrogens with two attached hydrogens (primary N) is 1. The van der Waals surface area contributed by atoms with Crippen LogP contribution in [-0.2, 0) is 16.0 Å². The molecule has 5 nitrogen and oxygen atoms in total. The fraction of sp³-hybridized carbons (Fsp3) is 0.160. The molecule has 0 aliphatic rings. The molecule has 0 radical (unpaired) electrons. The number of pyridine rings is 2. The van der Waals surface area contributed by atoms with Crippen LogP contribution in [0, 0.1) is 18.8 Å². The number of rotatable bonds is 3. The van der Waals surface area contributed by atoms with Crippen LogP contribution in [0.15, 0.2) is 54.7 Å². The van der Waals surface area contributed by atoms with Gasteiger partial charge in [-0.1, -0.05) is 24.1 Å². The molecule has 0 atom stereocenters. The number of carbonyl (C=O) groups excluding carboxylic acids is 1. The number of aryl methyl sites for hydroxylation is 2. The van der Waals surface area contributed by atoms with Gasteiger partial charge in [0.05, 0.1) is 24.3 Å². The van der Waals surface area contributed by atoms with Crippen molar-refractivity contribution in [2.45, 2.75) is 19.8 Å². The average Bonchev–Trinajstić information content (AvgIpc) is 2.78. The topological polar surface area (TPSA) is 78.1 Å². The van der Waals surface area contributed by atoms with Crippen molar-refractivity contribution in [3.63, 3.8) is 0 Å². The van der Waals surface area contributed by atoms with Crippen LogP contribution in [0.25, 0.3) is 21.8 Å². The van der Waals surface area contributed by atoms with Gasteiger partial charge in [-0.15, -0.1) is 0 Å². The van der Waals surface area contributed by atoms with Crippen molar-refractivity contribution in [2.24, 2.45) is 0 Å². The molecule has 4 rings (SSSR count). The number of fused-ring (bicyclic) bond motifs is 3. The second kappa shape index (κ2) is 8.22. The molecule has 30 heavy (non-hydrogen) atoms. The lowest BCUT2D eigenvalue weighted by Gasteiger charge is -2.08. The van der Waals surface area contributed by atoms with E-state index in [0.29, 0.717) is 24.2 Å². The van der Waals surface area contributed by atoms with E-state index in [9.17, 15) is 4.79 Å². The number of ether oxygens (including phenoxy) is 1. The van der Waals surface area contributed by atoms with Crippen molar-refractivity contribution in [1.82, 2.24) is 9.97 Å². The first-order valence-electron chi connectivity index (χ1n) is 9.67. The first-order chi connectivity index (χ1) is 14.5. The molecule has 148 valence electrons. The van der Waals surface area contributed by atoms with Gasteiger partial charge >= 0.3 is 5.97 Å². The summed E-state index contributed by atoms with van der Waals surface area (Å²) in [5, 5.41) is 1.91. The molecule has 0 fully saturated rings. The van der Waals surface area contributed by atoms with E-state index in [4.69, 9.17) is 5.73 Å². The fourth-order valence-electron chi connectivity index (χ4n) is 3.38. The van der Waals surface area contributed by atoms with Crippen molar-refractivity contribution < 1.29 is 9.53 Å². The molecular weight excluding hydrogens is 374 g/mol. The second-order valence-electron chi connectivity index (χ2n) is 7.11. The van der Waals surface area contributed by atoms with Gasteiger partial charge in [0.25, 0.3) is 0 Å². The Balaban J connectivity index is 1.59. The molecule has 2 N–H and O–H groups in total. The smallest absolute Gasteiger partial charge is 0.305 e. The van der Waals surface area contributed by atoms with Gasteiger partial charge in [0.15, 0.2) is 0 Å². The molecule has 0 aliphatic heterocycles. The molecule has 0 saturated heterocycles. The Bertz CT molecular complexity index is 1320. The predicted octanol–water partition coefficient (Wildman–Crippen LogP) is 4.18. The van der Waals surface area contributed by atoms with Crippen LogP contribution in [-0.4, -0.2) is 23.0 Å². The van der Waals surface area contributed by atoms with E-state index in [1.54, 1.807) is 6.20 Å². The number of hydrogen-bond donors (Lipinski definition) is 1. The number of hydrogen-bond acceptors (Lipinski definition) is 5. The molecule has 0 bridgehead atoms. The Morgan fingerprint density at radius 2 is 1.87 bits per heavy atom. The molecule has 0 amide bonds. The lowest BCUT2D eigenvalue weighted by Crippen LogP contribution is -2.01. The minimum absolute atomic E-state index is 0.208. The van der Waals surface area contributed by atoms with E-state index in [2.05, 4.69) is 26.5 Å². The van der Waals surface area contributed by atoms with E-state index in [0.717, 1.165) is 38.5 Å². The molecule has 2 aromatic heterocycles. The van der Waals surface area contributed by atoms with Crippen molar-refractivity contribution in [2.75, 3.05) is 12.8 Å². The van der Waals surface area contributed by atoms with Gasteiger partial charge in [0, 0.05) is 28.4 Å². The Kier molecular flexibility index (Phi) is 5.32. The van der Waals surface area contributed by atoms with Crippen LogP contribution in [0.1, 0.15) is 28.8 Å². The zero-order valence-electron chi connectivity index (χ0n) is 16.9. The largest absolute Gasteiger partial charge is 0.469 e. The standard InChI is InChI=1S/C25H21N3O2/c1-16-3-13-21(26)24-20-12-11-19(28-22(20)15-27-25(16)24)10-8-17-4-6-18(7-5-17)9-14-23(29)30-2/h3-7,11-13,15H,9,14,26H2,1-2H3. The third-order valence-corrected chi connectivity index (χ3v) is 5.06. The molecule has 0 aliphatic carbocycles. The molecular formula is C25H21N3O2. The summed E-state index contributed by atoms with van der Waals surface area (Å²) in [7, 11) is 1.40. The Morgan fingerprint density at radius 3 is 2.63 bits per heavy atom. The third-order valence-electron chi connectivity index (χ3n) is 5.06. The Hall–Kier alpha value is -3.91. The number of anilines is 1. The lowest BCUT2D eigenvalue weighted by atomic mass is 10.0. The van der Waals surface area contributed by atoms with Gasteiger partial charge in [-0.25, -0.2) is 4.98 Å². The predicted molar refractivity (Wildman–Crippen MR) is 119 cm³/mol. The summed E-state index contributed by atoms with van der Waals surface area (Å²) in [6.45, 7) is 2.02. The van der Waals surface area contributed by atoms with Crippen molar-refractivity contribution in [1.29, 1.82) is 0 Å². The maximum absolute atomic E-state index is 11.2. The van der Waals surface area contributed by atoms with E-state index >= 15 is 0 Å². The van der Waals surface area contributed by atoms with Gasteiger partial charge in [-0.05, 0) is 60.7 Å². The van der Waals surface area contributed by atoms with Crippen molar-refractivity contribution in [3.05, 3.63) is 77.1 Å². The molecule has 0 saturated carbocycles. The molecule has 5 heteroatoms. The first kappa shape index (κ1) is 19.4. The summed E-state index contributed by atoms with van der Waals surface area (Å²) >= 11 is 0. The second-order valence-corrected chi connectivity index (χ2v) is 7.11. The van der Waals surface area contributed by atoms with Crippen LogP contribution >= 0.6 is 0 Å². The quantitative estimate of drug-likeness (QED) is 0.244. The number of carbonyl (C=O) groups is 1. The zero-order valence-corrected chi connectivity index (χ0v) is 16.9. The monoisotopic (exact) mass is 395 g/mol. The summed E-state index contributed by atoms with van der Waals surface area (Å²) < 4.78 is 4.67. The van der Waals surface area contributed by atoms with Gasteiger partial charge in [0.2, 0.25) is 0 Å². The molecule has 2 heterocycles. The number of benzene rings is 2. The average molecular weight is 395 g/mol. The van der Waals surface area contributed by atoms with Gasteiger partial charge in [-0.2, -0.15) is 0 Å². The van der Waals surface area contributed by atoms with Crippen molar-refractivity contribution >= 4 is 33.5 Å². The fourth-order valence-corrected chi connectivity index (χ4v) is 3.38. The SMILES string of the molecule is COC(=O)CCc1ccc(C#Cc2ccc3c(cnc4c(C)ccc(N)c43)n2)cc1. The van der Waals surface area contributed by atoms with Crippen LogP contribution < -0.4 is 5.73 Å². The first-order valence-corrected chi connectivity index (χ1v) is 9.67. The van der Waals surface area contributed by atoms with Crippen LogP contribution in [0.3, 0.4) is 0 Å². The van der Waals surface area contributed by atoms with E-state index in [-0.39, 0.29) is 5.97 Å². The summed E-state index contributed by atoms with van der Waals surface area (Å²) in [5.41, 5.74) is 12.3. The summed E-state index contributed by atoms with van der Waals surface area (Å²) in [6.07, 6.45) is 2.79. The Labute approximate surface area is 174 Å². The Morgan fingerprint density at radius 1 is 1.07 bits per heavy atom. The van der Waals surface area contributed by atoms with Crippen LogP contribution in [0.5, 0.6) is 0 Å². The van der Waals surface area contributed by atoms with Gasteiger partial charge in [-0.3, -0.25) is 9.78 Å². The van der Waals surface area contributed by atoms with E-state index in [1.165, 1.54) is 7.11 Å².